The highest BCUT2D eigenvalue weighted by atomic mass is 16.2. The summed E-state index contributed by atoms with van der Waals surface area (Å²) >= 11 is 0. The third-order valence-corrected chi connectivity index (χ3v) is 8.83. The van der Waals surface area contributed by atoms with Crippen LogP contribution in [0.2, 0.25) is 0 Å². The van der Waals surface area contributed by atoms with Gasteiger partial charge in [0.05, 0.1) is 0 Å². The van der Waals surface area contributed by atoms with E-state index in [1.807, 2.05) is 16.5 Å². The molecule has 4 bridgehead atoms. The van der Waals surface area contributed by atoms with Crippen LogP contribution in [-0.4, -0.2) is 43.0 Å². The minimum atomic E-state index is -0.408. The Morgan fingerprint density at radius 2 is 1.74 bits per heavy atom. The van der Waals surface area contributed by atoms with Gasteiger partial charge in [0, 0.05) is 39.0 Å². The number of rotatable bonds is 9. The molecule has 0 unspecified atom stereocenters. The molecule has 6 rings (SSSR count). The number of hydrogen-bond donors (Lipinski definition) is 1. The van der Waals surface area contributed by atoms with E-state index in [1.54, 1.807) is 4.57 Å². The Bertz CT molecular complexity index is 1180. The Kier molecular flexibility index (Phi) is 6.66. The number of carbonyl (C=O) groups excluding carboxylic acids is 1. The van der Waals surface area contributed by atoms with Crippen LogP contribution in [-0.2, 0) is 24.3 Å². The standard InChI is InChI=1S/C27H41N5O3/c1-5-6-9-31-25-24(26(34)29-27(31)35)32(15-16(2)3)21(28-25)7-8-22(33)30(4)23-19-11-17-10-18(13-19)14-20(23)12-17/h16-20,23H,5-15H2,1-4H3,(H,29,34,35). The van der Waals surface area contributed by atoms with Crippen LogP contribution in [0.15, 0.2) is 9.59 Å². The molecule has 35 heavy (non-hydrogen) atoms. The summed E-state index contributed by atoms with van der Waals surface area (Å²) in [4.78, 5) is 48.1. The first-order valence-electron chi connectivity index (χ1n) is 13.7. The molecule has 2 aromatic heterocycles. The van der Waals surface area contributed by atoms with Crippen molar-refractivity contribution in [1.82, 2.24) is 24.0 Å². The zero-order valence-corrected chi connectivity index (χ0v) is 21.8. The number of nitrogens with one attached hydrogen (secondary N) is 1. The summed E-state index contributed by atoms with van der Waals surface area (Å²) in [6.07, 6.45) is 9.19. The van der Waals surface area contributed by atoms with Crippen LogP contribution in [0.5, 0.6) is 0 Å². The topological polar surface area (TPSA) is 93.0 Å². The number of nitrogens with zero attached hydrogens (tertiary/aromatic N) is 4. The van der Waals surface area contributed by atoms with Crippen molar-refractivity contribution in [3.63, 3.8) is 0 Å². The number of aryl methyl sites for hydroxylation is 2. The fraction of sp³-hybridized carbons (Fsp3) is 0.778. The van der Waals surface area contributed by atoms with Crippen LogP contribution >= 0.6 is 0 Å². The van der Waals surface area contributed by atoms with Crippen molar-refractivity contribution in [3.8, 4) is 0 Å². The molecule has 0 aromatic carbocycles. The minimum absolute atomic E-state index is 0.169. The van der Waals surface area contributed by atoms with Gasteiger partial charge in [-0.05, 0) is 68.1 Å². The second-order valence-electron chi connectivity index (χ2n) is 11.9. The number of H-pyrrole nitrogens is 1. The number of hydrogen-bond acceptors (Lipinski definition) is 4. The first kappa shape index (κ1) is 24.3. The Morgan fingerprint density at radius 3 is 2.34 bits per heavy atom. The highest BCUT2D eigenvalue weighted by Gasteiger charge is 2.50. The van der Waals surface area contributed by atoms with E-state index in [2.05, 4.69) is 25.8 Å². The zero-order chi connectivity index (χ0) is 24.9. The van der Waals surface area contributed by atoms with Gasteiger partial charge in [0.15, 0.2) is 11.2 Å². The molecular weight excluding hydrogens is 442 g/mol. The number of aromatic nitrogens is 4. The monoisotopic (exact) mass is 483 g/mol. The second kappa shape index (κ2) is 9.58. The maximum atomic E-state index is 13.4. The van der Waals surface area contributed by atoms with Gasteiger partial charge in [-0.15, -0.1) is 0 Å². The fourth-order valence-electron chi connectivity index (χ4n) is 7.58. The predicted octanol–water partition coefficient (Wildman–Crippen LogP) is 3.56. The van der Waals surface area contributed by atoms with Crippen LogP contribution < -0.4 is 11.2 Å². The third kappa shape index (κ3) is 4.49. The summed E-state index contributed by atoms with van der Waals surface area (Å²) in [6.45, 7) is 7.42. The van der Waals surface area contributed by atoms with E-state index in [1.165, 1.54) is 32.1 Å². The van der Waals surface area contributed by atoms with Crippen molar-refractivity contribution in [2.75, 3.05) is 7.05 Å². The number of fused-ring (bicyclic) bond motifs is 1. The minimum Gasteiger partial charge on any atom is -0.342 e. The summed E-state index contributed by atoms with van der Waals surface area (Å²) in [7, 11) is 2.00. The molecule has 8 heteroatoms. The normalized spacial score (nSPS) is 27.3. The fourth-order valence-corrected chi connectivity index (χ4v) is 7.58. The summed E-state index contributed by atoms with van der Waals surface area (Å²) in [5.41, 5.74) is 0.0968. The molecule has 192 valence electrons. The largest absolute Gasteiger partial charge is 0.342 e. The molecule has 0 aliphatic heterocycles. The van der Waals surface area contributed by atoms with Gasteiger partial charge in [0.1, 0.15) is 5.82 Å². The molecule has 4 aliphatic carbocycles. The van der Waals surface area contributed by atoms with E-state index in [-0.39, 0.29) is 5.91 Å². The molecule has 0 spiro atoms. The van der Waals surface area contributed by atoms with Crippen LogP contribution in [0.1, 0.15) is 78.0 Å². The van der Waals surface area contributed by atoms with Crippen molar-refractivity contribution in [2.24, 2.45) is 29.6 Å². The molecule has 2 heterocycles. The van der Waals surface area contributed by atoms with E-state index >= 15 is 0 Å². The Balaban J connectivity index is 1.39. The lowest BCUT2D eigenvalue weighted by molar-refractivity contribution is -0.141. The van der Waals surface area contributed by atoms with Crippen molar-refractivity contribution in [3.05, 3.63) is 26.7 Å². The number of aromatic amines is 1. The molecule has 8 nitrogen and oxygen atoms in total. The zero-order valence-electron chi connectivity index (χ0n) is 21.8. The molecule has 0 saturated heterocycles. The van der Waals surface area contributed by atoms with Crippen LogP contribution in [0.4, 0.5) is 0 Å². The maximum Gasteiger partial charge on any atom is 0.330 e. The molecule has 4 saturated carbocycles. The SMILES string of the molecule is CCCCn1c(=O)[nH]c(=O)c2c1nc(CCC(=O)N(C)C1C3CC4CC(C3)CC1C4)n2CC(C)C. The van der Waals surface area contributed by atoms with Crippen molar-refractivity contribution in [1.29, 1.82) is 0 Å². The van der Waals surface area contributed by atoms with Gasteiger partial charge in [-0.2, -0.15) is 0 Å². The van der Waals surface area contributed by atoms with E-state index in [9.17, 15) is 14.4 Å². The van der Waals surface area contributed by atoms with Gasteiger partial charge in [-0.3, -0.25) is 19.1 Å². The molecule has 2 aromatic rings. The average Bonchev–Trinajstić information content (AvgIpc) is 3.14. The van der Waals surface area contributed by atoms with E-state index in [0.717, 1.165) is 30.5 Å². The number of carbonyl (C=O) groups is 1. The number of imidazole rings is 1. The molecule has 4 aliphatic rings. The van der Waals surface area contributed by atoms with Crippen molar-refractivity contribution >= 4 is 17.1 Å². The van der Waals surface area contributed by atoms with Gasteiger partial charge >= 0.3 is 5.69 Å². The van der Waals surface area contributed by atoms with Gasteiger partial charge < -0.3 is 9.47 Å². The third-order valence-electron chi connectivity index (χ3n) is 8.83. The maximum absolute atomic E-state index is 13.4. The predicted molar refractivity (Wildman–Crippen MR) is 136 cm³/mol. The average molecular weight is 484 g/mol. The van der Waals surface area contributed by atoms with Crippen LogP contribution in [0.3, 0.4) is 0 Å². The highest BCUT2D eigenvalue weighted by Crippen LogP contribution is 2.55. The molecule has 1 amide bonds. The van der Waals surface area contributed by atoms with Gasteiger partial charge in [0.25, 0.3) is 5.56 Å². The number of unbranched alkanes of at least 4 members (excludes halogenated alkanes) is 1. The van der Waals surface area contributed by atoms with Gasteiger partial charge in [-0.1, -0.05) is 27.2 Å². The molecule has 0 radical (unpaired) electrons. The van der Waals surface area contributed by atoms with Gasteiger partial charge in [0.2, 0.25) is 5.91 Å². The van der Waals surface area contributed by atoms with Crippen molar-refractivity contribution in [2.45, 2.75) is 97.7 Å². The molecular formula is C27H41N5O3. The summed E-state index contributed by atoms with van der Waals surface area (Å²) in [5.74, 6) is 4.29. The van der Waals surface area contributed by atoms with E-state index in [4.69, 9.17) is 4.98 Å². The highest BCUT2D eigenvalue weighted by molar-refractivity contribution is 5.77. The lowest BCUT2D eigenvalue weighted by Gasteiger charge is -2.56. The summed E-state index contributed by atoms with van der Waals surface area (Å²) in [5, 5.41) is 0. The first-order chi connectivity index (χ1) is 16.8. The van der Waals surface area contributed by atoms with Crippen LogP contribution in [0, 0.1) is 29.6 Å². The molecule has 4 fully saturated rings. The van der Waals surface area contributed by atoms with Gasteiger partial charge in [-0.25, -0.2) is 9.78 Å². The quantitative estimate of drug-likeness (QED) is 0.590. The molecule has 1 N–H and O–H groups in total. The smallest absolute Gasteiger partial charge is 0.330 e. The second-order valence-corrected chi connectivity index (χ2v) is 11.9. The lowest BCUT2D eigenvalue weighted by Crippen LogP contribution is -2.56. The van der Waals surface area contributed by atoms with Crippen LogP contribution in [0.25, 0.3) is 11.2 Å². The van der Waals surface area contributed by atoms with E-state index < -0.39 is 11.2 Å². The molecule has 0 atom stereocenters. The lowest BCUT2D eigenvalue weighted by atomic mass is 9.54. The van der Waals surface area contributed by atoms with E-state index in [0.29, 0.717) is 60.9 Å². The summed E-state index contributed by atoms with van der Waals surface area (Å²) < 4.78 is 3.53. The first-order valence-corrected chi connectivity index (χ1v) is 13.7. The Morgan fingerprint density at radius 1 is 1.09 bits per heavy atom. The Labute approximate surface area is 207 Å². The summed E-state index contributed by atoms with van der Waals surface area (Å²) in [6, 6.07) is 0.381. The van der Waals surface area contributed by atoms with Crippen molar-refractivity contribution < 1.29 is 4.79 Å². The number of amides is 1. The Hall–Kier alpha value is -2.38.